The van der Waals surface area contributed by atoms with Crippen LogP contribution in [0.25, 0.3) is 0 Å². The van der Waals surface area contributed by atoms with E-state index in [2.05, 4.69) is 22.2 Å². The van der Waals surface area contributed by atoms with Crippen molar-refractivity contribution in [1.82, 2.24) is 15.1 Å². The number of likely N-dealkylation sites (tertiary alicyclic amines) is 2. The van der Waals surface area contributed by atoms with Gasteiger partial charge in [0.1, 0.15) is 0 Å². The molecule has 0 amide bonds. The van der Waals surface area contributed by atoms with Gasteiger partial charge in [-0.3, -0.25) is 0 Å². The van der Waals surface area contributed by atoms with Gasteiger partial charge in [-0.05, 0) is 58.9 Å². The summed E-state index contributed by atoms with van der Waals surface area (Å²) in [4.78, 5) is 5.25. The molecule has 0 bridgehead atoms. The van der Waals surface area contributed by atoms with Gasteiger partial charge in [-0.2, -0.15) is 0 Å². The normalized spacial score (nSPS) is 26.2. The monoisotopic (exact) mass is 211 g/mol. The number of rotatable bonds is 4. The Labute approximate surface area is 93.8 Å². The average Bonchev–Trinajstić information content (AvgIpc) is 2.80. The van der Waals surface area contributed by atoms with Gasteiger partial charge in [-0.25, -0.2) is 0 Å². The standard InChI is InChI=1S/C12H25N3/c1-13-12-4-8-15(9-5-12)11-10-14-6-2-3-7-14/h12-13H,2-11H2,1H3. The Morgan fingerprint density at radius 3 is 2.00 bits per heavy atom. The predicted octanol–water partition coefficient (Wildman–Crippen LogP) is 0.766. The Bertz CT molecular complexity index is 170. The quantitative estimate of drug-likeness (QED) is 0.741. The van der Waals surface area contributed by atoms with Crippen LogP contribution in [-0.2, 0) is 0 Å². The molecule has 3 heteroatoms. The lowest BCUT2D eigenvalue weighted by Crippen LogP contribution is -2.43. The summed E-state index contributed by atoms with van der Waals surface area (Å²) in [6, 6.07) is 0.771. The molecule has 2 aliphatic rings. The zero-order valence-electron chi connectivity index (χ0n) is 10.0. The van der Waals surface area contributed by atoms with Crippen molar-refractivity contribution in [2.24, 2.45) is 0 Å². The van der Waals surface area contributed by atoms with E-state index in [0.29, 0.717) is 0 Å². The van der Waals surface area contributed by atoms with Crippen molar-refractivity contribution < 1.29 is 0 Å². The molecule has 0 aromatic heterocycles. The van der Waals surface area contributed by atoms with Crippen LogP contribution in [0.1, 0.15) is 25.7 Å². The highest BCUT2D eigenvalue weighted by atomic mass is 15.2. The number of hydrogen-bond acceptors (Lipinski definition) is 3. The Morgan fingerprint density at radius 1 is 0.933 bits per heavy atom. The zero-order valence-corrected chi connectivity index (χ0v) is 10.0. The van der Waals surface area contributed by atoms with Crippen LogP contribution in [0.4, 0.5) is 0 Å². The topological polar surface area (TPSA) is 18.5 Å². The van der Waals surface area contributed by atoms with Crippen LogP contribution in [0.3, 0.4) is 0 Å². The highest BCUT2D eigenvalue weighted by Gasteiger charge is 2.18. The third kappa shape index (κ3) is 3.44. The van der Waals surface area contributed by atoms with Crippen molar-refractivity contribution in [3.05, 3.63) is 0 Å². The molecule has 2 heterocycles. The van der Waals surface area contributed by atoms with Crippen molar-refractivity contribution >= 4 is 0 Å². The van der Waals surface area contributed by atoms with E-state index in [1.54, 1.807) is 0 Å². The lowest BCUT2D eigenvalue weighted by atomic mass is 10.1. The van der Waals surface area contributed by atoms with E-state index < -0.39 is 0 Å². The first-order valence-corrected chi connectivity index (χ1v) is 6.50. The fourth-order valence-corrected chi connectivity index (χ4v) is 2.73. The molecule has 15 heavy (non-hydrogen) atoms. The minimum Gasteiger partial charge on any atom is -0.317 e. The second kappa shape index (κ2) is 5.83. The smallest absolute Gasteiger partial charge is 0.0109 e. The van der Waals surface area contributed by atoms with Crippen LogP contribution < -0.4 is 5.32 Å². The molecule has 2 saturated heterocycles. The number of hydrogen-bond donors (Lipinski definition) is 1. The molecule has 0 spiro atoms. The second-order valence-electron chi connectivity index (χ2n) is 4.95. The Kier molecular flexibility index (Phi) is 4.42. The van der Waals surface area contributed by atoms with Crippen LogP contribution in [0.2, 0.25) is 0 Å². The first-order chi connectivity index (χ1) is 7.38. The van der Waals surface area contributed by atoms with E-state index in [1.807, 2.05) is 0 Å². The van der Waals surface area contributed by atoms with Gasteiger partial charge >= 0.3 is 0 Å². The van der Waals surface area contributed by atoms with Gasteiger partial charge < -0.3 is 15.1 Å². The van der Waals surface area contributed by atoms with E-state index in [-0.39, 0.29) is 0 Å². The van der Waals surface area contributed by atoms with E-state index in [0.717, 1.165) is 6.04 Å². The molecule has 0 aromatic rings. The molecule has 2 rings (SSSR count). The fourth-order valence-electron chi connectivity index (χ4n) is 2.73. The van der Waals surface area contributed by atoms with Gasteiger partial charge in [0.25, 0.3) is 0 Å². The van der Waals surface area contributed by atoms with Crippen LogP contribution in [0.15, 0.2) is 0 Å². The minimum atomic E-state index is 0.771. The molecule has 0 radical (unpaired) electrons. The average molecular weight is 211 g/mol. The first-order valence-electron chi connectivity index (χ1n) is 6.50. The molecule has 2 aliphatic heterocycles. The first kappa shape index (κ1) is 11.4. The summed E-state index contributed by atoms with van der Waals surface area (Å²) in [5, 5.41) is 3.38. The maximum Gasteiger partial charge on any atom is 0.0109 e. The highest BCUT2D eigenvalue weighted by molar-refractivity contribution is 4.77. The minimum absolute atomic E-state index is 0.771. The largest absolute Gasteiger partial charge is 0.317 e. The van der Waals surface area contributed by atoms with Crippen LogP contribution in [0.5, 0.6) is 0 Å². The fraction of sp³-hybridized carbons (Fsp3) is 1.00. The van der Waals surface area contributed by atoms with Gasteiger partial charge in [0.05, 0.1) is 0 Å². The van der Waals surface area contributed by atoms with Gasteiger partial charge in [0, 0.05) is 19.1 Å². The van der Waals surface area contributed by atoms with E-state index in [9.17, 15) is 0 Å². The second-order valence-corrected chi connectivity index (χ2v) is 4.95. The van der Waals surface area contributed by atoms with Crippen LogP contribution >= 0.6 is 0 Å². The lowest BCUT2D eigenvalue weighted by molar-refractivity contribution is 0.178. The van der Waals surface area contributed by atoms with Crippen molar-refractivity contribution in [2.45, 2.75) is 31.7 Å². The number of piperidine rings is 1. The maximum atomic E-state index is 3.38. The SMILES string of the molecule is CNC1CCN(CCN2CCCC2)CC1. The van der Waals surface area contributed by atoms with E-state index in [1.165, 1.54) is 65.0 Å². The Balaban J connectivity index is 1.59. The van der Waals surface area contributed by atoms with Crippen molar-refractivity contribution in [2.75, 3.05) is 46.3 Å². The van der Waals surface area contributed by atoms with Gasteiger partial charge in [-0.15, -0.1) is 0 Å². The molecule has 0 aromatic carbocycles. The van der Waals surface area contributed by atoms with Gasteiger partial charge in [0.2, 0.25) is 0 Å². The summed E-state index contributed by atoms with van der Waals surface area (Å²) >= 11 is 0. The molecule has 1 N–H and O–H groups in total. The summed E-state index contributed by atoms with van der Waals surface area (Å²) in [7, 11) is 2.09. The number of nitrogens with one attached hydrogen (secondary N) is 1. The lowest BCUT2D eigenvalue weighted by Gasteiger charge is -2.32. The highest BCUT2D eigenvalue weighted by Crippen LogP contribution is 2.11. The van der Waals surface area contributed by atoms with Crippen molar-refractivity contribution in [1.29, 1.82) is 0 Å². The summed E-state index contributed by atoms with van der Waals surface area (Å²) < 4.78 is 0. The van der Waals surface area contributed by atoms with Crippen molar-refractivity contribution in [3.63, 3.8) is 0 Å². The molecule has 0 saturated carbocycles. The predicted molar refractivity (Wildman–Crippen MR) is 64.2 cm³/mol. The summed E-state index contributed by atoms with van der Waals surface area (Å²) in [5.41, 5.74) is 0. The molecule has 0 unspecified atom stereocenters. The molecule has 0 aliphatic carbocycles. The molecular formula is C12H25N3. The molecular weight excluding hydrogens is 186 g/mol. The van der Waals surface area contributed by atoms with E-state index in [4.69, 9.17) is 0 Å². The Morgan fingerprint density at radius 2 is 1.47 bits per heavy atom. The molecule has 0 atom stereocenters. The van der Waals surface area contributed by atoms with E-state index >= 15 is 0 Å². The van der Waals surface area contributed by atoms with Gasteiger partial charge in [-0.1, -0.05) is 0 Å². The molecule has 3 nitrogen and oxygen atoms in total. The molecule has 2 fully saturated rings. The zero-order chi connectivity index (χ0) is 10.5. The molecule has 88 valence electrons. The summed E-state index contributed by atoms with van der Waals surface area (Å²) in [6.45, 7) is 7.85. The maximum absolute atomic E-state index is 3.38. The van der Waals surface area contributed by atoms with Crippen molar-refractivity contribution in [3.8, 4) is 0 Å². The van der Waals surface area contributed by atoms with Crippen LogP contribution in [0, 0.1) is 0 Å². The number of nitrogens with zero attached hydrogens (tertiary/aromatic N) is 2. The third-order valence-corrected chi connectivity index (χ3v) is 3.93. The third-order valence-electron chi connectivity index (χ3n) is 3.93. The summed E-state index contributed by atoms with van der Waals surface area (Å²) in [5.74, 6) is 0. The summed E-state index contributed by atoms with van der Waals surface area (Å²) in [6.07, 6.45) is 5.50. The van der Waals surface area contributed by atoms with Crippen LogP contribution in [-0.4, -0.2) is 62.2 Å². The Hall–Kier alpha value is -0.120. The van der Waals surface area contributed by atoms with Gasteiger partial charge in [0.15, 0.2) is 0 Å².